The fourth-order valence-corrected chi connectivity index (χ4v) is 5.74. The van der Waals surface area contributed by atoms with Gasteiger partial charge in [-0.2, -0.15) is 5.09 Å². The number of ether oxygens (including phenoxy) is 2. The molecule has 17 nitrogen and oxygen atoms in total. The number of nitrogens with zero attached hydrogens (tertiary/aromatic N) is 5. The number of carbonyl (C=O) groups is 2. The molecule has 6 atom stereocenters. The van der Waals surface area contributed by atoms with Gasteiger partial charge in [-0.05, 0) is 32.4 Å². The number of hydrogen-bond donors (Lipinski definition) is 5. The maximum Gasteiger partial charge on any atom is 0.459 e. The summed E-state index contributed by atoms with van der Waals surface area (Å²) in [5.74, 6) is -1.13. The van der Waals surface area contributed by atoms with Crippen LogP contribution in [-0.2, 0) is 28.2 Å². The highest BCUT2D eigenvalue weighted by Gasteiger charge is 2.46. The van der Waals surface area contributed by atoms with E-state index in [1.165, 1.54) is 29.4 Å². The van der Waals surface area contributed by atoms with Gasteiger partial charge in [0.05, 0.1) is 29.4 Å². The van der Waals surface area contributed by atoms with Crippen LogP contribution in [-0.4, -0.2) is 89.6 Å². The van der Waals surface area contributed by atoms with Crippen molar-refractivity contribution in [2.45, 2.75) is 63.4 Å². The molecule has 4 rings (SSSR count). The normalized spacial score (nSPS) is 22.1. The number of anilines is 1. The van der Waals surface area contributed by atoms with Gasteiger partial charge < -0.3 is 29.9 Å². The number of nitrogens with two attached hydrogens (primary N) is 1. The Kier molecular flexibility index (Phi) is 10.3. The van der Waals surface area contributed by atoms with Gasteiger partial charge in [-0.3, -0.25) is 18.7 Å². The number of ketones is 1. The molecule has 2 unspecified atom stereocenters. The van der Waals surface area contributed by atoms with E-state index in [0.717, 1.165) is 6.21 Å². The maximum atomic E-state index is 14.1. The van der Waals surface area contributed by atoms with E-state index in [1.807, 2.05) is 0 Å². The van der Waals surface area contributed by atoms with Gasteiger partial charge in [-0.15, -0.1) is 0 Å². The van der Waals surface area contributed by atoms with E-state index in [0.29, 0.717) is 0 Å². The molecule has 0 radical (unpaired) electrons. The van der Waals surface area contributed by atoms with Crippen molar-refractivity contribution >= 4 is 42.7 Å². The fraction of sp³-hybridized carbons (Fsp3) is 0.440. The summed E-state index contributed by atoms with van der Waals surface area (Å²) < 4.78 is 37.9. The summed E-state index contributed by atoms with van der Waals surface area (Å²) in [6.45, 7) is 2.67. The van der Waals surface area contributed by atoms with Crippen LogP contribution in [0.3, 0.4) is 0 Å². The van der Waals surface area contributed by atoms with Crippen LogP contribution >= 0.6 is 7.75 Å². The standard InChI is InChI=1S/C25H31N8O9P/c1-14(2)40-25(37)17(9-8-15(34)10-31-27)32-43(38,42-16-6-4-3-5-7-16)39-11-18-20(35)21(36)24(41-18)33-13-30-19-22(26)28-12-29-23(19)33/h3-7,10,12-14,17-18,20-21,24,26,35-36H,8-9,11H2,1-2H3,(H2-,27,32,34,38)/p+1/t17-,18+,20?,21-,24+,43?/m0/s1. The molecule has 1 aliphatic rings. The Hall–Kier alpha value is -4.08. The van der Waals surface area contributed by atoms with E-state index in [1.54, 1.807) is 32.0 Å². The van der Waals surface area contributed by atoms with E-state index in [4.69, 9.17) is 29.8 Å². The number of aliphatic hydroxyl groups excluding tert-OH is 2. The van der Waals surface area contributed by atoms with Gasteiger partial charge in [0.2, 0.25) is 5.78 Å². The molecule has 0 bridgehead atoms. The zero-order valence-corrected chi connectivity index (χ0v) is 24.1. The Bertz CT molecular complexity index is 1530. The lowest BCUT2D eigenvalue weighted by atomic mass is 10.1. The Morgan fingerprint density at radius 1 is 1.23 bits per heavy atom. The SMILES string of the molecule is CC(C)OC(=O)[C@H](CCC(=O)C=[N+]=N)NP(=O)(OC[C@H]1O[C@@H](n2cnc3c(N)ncnc32)[C@@H](O)C1O)Oc1ccccc1. The van der Waals surface area contributed by atoms with Crippen LogP contribution in [0.2, 0.25) is 0 Å². The summed E-state index contributed by atoms with van der Waals surface area (Å²) >= 11 is 0. The highest BCUT2D eigenvalue weighted by atomic mass is 31.2. The topological polar surface area (TPSA) is 248 Å². The van der Waals surface area contributed by atoms with Crippen LogP contribution in [0.25, 0.3) is 11.2 Å². The third kappa shape index (κ3) is 7.86. The van der Waals surface area contributed by atoms with Crippen molar-refractivity contribution in [3.63, 3.8) is 0 Å². The number of nitrogen functional groups attached to an aromatic ring is 1. The molecule has 43 heavy (non-hydrogen) atoms. The van der Waals surface area contributed by atoms with E-state index < -0.39 is 62.8 Å². The third-order valence-electron chi connectivity index (χ3n) is 6.21. The first-order valence-electron chi connectivity index (χ1n) is 13.2. The fourth-order valence-electron chi connectivity index (χ4n) is 4.20. The van der Waals surface area contributed by atoms with Crippen molar-refractivity contribution in [2.75, 3.05) is 12.3 Å². The molecule has 0 aliphatic carbocycles. The van der Waals surface area contributed by atoms with Gasteiger partial charge in [0.1, 0.15) is 41.9 Å². The zero-order valence-electron chi connectivity index (χ0n) is 23.2. The molecular weight excluding hydrogens is 587 g/mol. The van der Waals surface area contributed by atoms with Gasteiger partial charge in [-0.1, -0.05) is 18.2 Å². The lowest BCUT2D eigenvalue weighted by Crippen LogP contribution is -2.40. The smallest absolute Gasteiger partial charge is 0.459 e. The van der Waals surface area contributed by atoms with E-state index in [9.17, 15) is 24.4 Å². The number of imidazole rings is 1. The molecular formula is C25H32N8O9P+. The average molecular weight is 620 g/mol. The lowest BCUT2D eigenvalue weighted by molar-refractivity contribution is -0.149. The van der Waals surface area contributed by atoms with E-state index in [-0.39, 0.29) is 35.6 Å². The van der Waals surface area contributed by atoms with E-state index in [2.05, 4.69) is 24.8 Å². The summed E-state index contributed by atoms with van der Waals surface area (Å²) in [5, 5.41) is 24.1. The van der Waals surface area contributed by atoms with Gasteiger partial charge in [-0.25, -0.2) is 19.5 Å². The minimum Gasteiger partial charge on any atom is -0.462 e. The van der Waals surface area contributed by atoms with Crippen LogP contribution in [0.4, 0.5) is 5.82 Å². The first-order valence-corrected chi connectivity index (χ1v) is 14.7. The summed E-state index contributed by atoms with van der Waals surface area (Å²) in [5.41, 5.74) is 13.2. The molecule has 230 valence electrons. The van der Waals surface area contributed by atoms with Gasteiger partial charge >= 0.3 is 19.9 Å². The summed E-state index contributed by atoms with van der Waals surface area (Å²) in [6, 6.07) is 6.63. The first kappa shape index (κ1) is 31.8. The lowest BCUT2D eigenvalue weighted by Gasteiger charge is -2.26. The Balaban J connectivity index is 1.55. The van der Waals surface area contributed by atoms with E-state index >= 15 is 0 Å². The van der Waals surface area contributed by atoms with Crippen LogP contribution in [0.15, 0.2) is 43.0 Å². The molecule has 18 heteroatoms. The number of hydrogen-bond acceptors (Lipinski definition) is 14. The molecule has 1 saturated heterocycles. The number of aromatic nitrogens is 4. The van der Waals surface area contributed by atoms with Crippen molar-refractivity contribution in [2.24, 2.45) is 0 Å². The monoisotopic (exact) mass is 619 g/mol. The number of para-hydroxylation sites is 1. The maximum absolute atomic E-state index is 14.1. The molecule has 0 spiro atoms. The first-order chi connectivity index (χ1) is 20.5. The molecule has 1 aromatic carbocycles. The van der Waals surface area contributed by atoms with Crippen LogP contribution in [0.1, 0.15) is 32.9 Å². The Morgan fingerprint density at radius 3 is 2.67 bits per heavy atom. The zero-order chi connectivity index (χ0) is 31.1. The second kappa shape index (κ2) is 13.9. The molecule has 0 amide bonds. The predicted octanol–water partition coefficient (Wildman–Crippen LogP) is 0.800. The Labute approximate surface area is 245 Å². The summed E-state index contributed by atoms with van der Waals surface area (Å²) in [4.78, 5) is 39.9. The van der Waals surface area contributed by atoms with Crippen molar-refractivity contribution in [3.8, 4) is 5.75 Å². The molecule has 3 aromatic rings. The number of carbonyl (C=O) groups excluding carboxylic acids is 2. The number of esters is 1. The quantitative estimate of drug-likeness (QED) is 0.0551. The largest absolute Gasteiger partial charge is 0.462 e. The number of nitrogens with one attached hydrogen (secondary N) is 2. The highest BCUT2D eigenvalue weighted by Crippen LogP contribution is 2.46. The van der Waals surface area contributed by atoms with Crippen molar-refractivity contribution < 1.29 is 47.7 Å². The van der Waals surface area contributed by atoms with Crippen LogP contribution < -0.4 is 15.3 Å². The molecule has 1 fully saturated rings. The van der Waals surface area contributed by atoms with Gasteiger partial charge in [0, 0.05) is 6.42 Å². The highest BCUT2D eigenvalue weighted by molar-refractivity contribution is 7.52. The minimum absolute atomic E-state index is 0.112. The average Bonchev–Trinajstić information content (AvgIpc) is 3.51. The predicted molar refractivity (Wildman–Crippen MR) is 148 cm³/mol. The number of rotatable bonds is 14. The second-order valence-corrected chi connectivity index (χ2v) is 11.5. The number of benzene rings is 1. The molecule has 6 N–H and O–H groups in total. The molecule has 0 saturated carbocycles. The summed E-state index contributed by atoms with van der Waals surface area (Å²) in [7, 11) is -4.46. The number of aliphatic hydroxyl groups is 2. The molecule has 3 heterocycles. The molecule has 1 aliphatic heterocycles. The summed E-state index contributed by atoms with van der Waals surface area (Å²) in [6.07, 6.45) is -2.99. The third-order valence-corrected chi connectivity index (χ3v) is 7.78. The van der Waals surface area contributed by atoms with Gasteiger partial charge in [0.15, 0.2) is 17.7 Å². The Morgan fingerprint density at radius 2 is 1.98 bits per heavy atom. The van der Waals surface area contributed by atoms with Crippen molar-refractivity contribution in [3.05, 3.63) is 43.0 Å². The second-order valence-electron chi connectivity index (χ2n) is 9.76. The minimum atomic E-state index is -4.46. The molecule has 2 aromatic heterocycles. The number of Topliss-reactive ketones (excluding diaryl/α,β-unsaturated/α-hetero) is 1. The van der Waals surface area contributed by atoms with Gasteiger partial charge in [0.25, 0.3) is 0 Å². The van der Waals surface area contributed by atoms with Crippen molar-refractivity contribution in [1.82, 2.24) is 24.6 Å². The van der Waals surface area contributed by atoms with Crippen molar-refractivity contribution in [1.29, 1.82) is 5.53 Å². The van der Waals surface area contributed by atoms with Crippen LogP contribution in [0, 0.1) is 5.53 Å². The van der Waals surface area contributed by atoms with Crippen LogP contribution in [0.5, 0.6) is 5.75 Å². The number of fused-ring (bicyclic) bond motifs is 1.